The fourth-order valence-corrected chi connectivity index (χ4v) is 6.06. The van der Waals surface area contributed by atoms with Crippen molar-refractivity contribution >= 4 is 23.8 Å². The third-order valence-corrected chi connectivity index (χ3v) is 8.97. The summed E-state index contributed by atoms with van der Waals surface area (Å²) < 4.78 is 27.3. The molecule has 2 aromatic rings. The number of esters is 1. The molecule has 3 rings (SSSR count). The highest BCUT2D eigenvalue weighted by Gasteiger charge is 2.43. The average Bonchev–Trinajstić information content (AvgIpc) is 3.42. The van der Waals surface area contributed by atoms with E-state index < -0.39 is 35.8 Å². The number of ether oxygens (including phenoxy) is 5. The van der Waals surface area contributed by atoms with Crippen LogP contribution in [0.5, 0.6) is 11.5 Å². The second-order valence-electron chi connectivity index (χ2n) is 13.1. The fourth-order valence-electron chi connectivity index (χ4n) is 6.06. The molecule has 2 amide bonds. The lowest BCUT2D eigenvalue weighted by molar-refractivity contribution is -0.154. The minimum absolute atomic E-state index is 0.0601. The second-order valence-corrected chi connectivity index (χ2v) is 13.1. The Hall–Kier alpha value is -3.92. The van der Waals surface area contributed by atoms with Crippen molar-refractivity contribution < 1.29 is 42.9 Å². The van der Waals surface area contributed by atoms with E-state index in [1.54, 1.807) is 21.1 Å². The molecule has 3 unspecified atom stereocenters. The molecule has 4 atom stereocenters. The molecule has 1 aliphatic heterocycles. The number of rotatable bonds is 20. The van der Waals surface area contributed by atoms with Crippen LogP contribution in [0.1, 0.15) is 65.0 Å². The summed E-state index contributed by atoms with van der Waals surface area (Å²) in [6, 6.07) is 14.9. The van der Waals surface area contributed by atoms with Gasteiger partial charge < -0.3 is 23.7 Å². The summed E-state index contributed by atoms with van der Waals surface area (Å²) in [5, 5.41) is 0. The maximum atomic E-state index is 14.0. The first-order valence-corrected chi connectivity index (χ1v) is 17.0. The number of Topliss-reactive ketones (excluding diaryl/α,β-unsaturated/α-hetero) is 1. The molecule has 0 saturated carbocycles. The Morgan fingerprint density at radius 3 is 2.29 bits per heavy atom. The van der Waals surface area contributed by atoms with Crippen LogP contribution in [0.25, 0.3) is 0 Å². The SMILES string of the molecule is CCOC(=O)C(CC(Cc1ccc(OC)c(OCCCOC)c1)C(C)C)C(=O)CC(C(=O)N1C(=O)OC[C@@H]1Cc1ccccc1)C(C)C. The molecule has 1 fully saturated rings. The lowest BCUT2D eigenvalue weighted by Gasteiger charge is -2.29. The van der Waals surface area contributed by atoms with Crippen molar-refractivity contribution in [2.45, 2.75) is 72.8 Å². The van der Waals surface area contributed by atoms with Crippen LogP contribution in [0.3, 0.4) is 0 Å². The highest BCUT2D eigenvalue weighted by atomic mass is 16.6. The number of methoxy groups -OCH3 is 2. The quantitative estimate of drug-likeness (QED) is 0.0909. The van der Waals surface area contributed by atoms with Gasteiger partial charge in [0.2, 0.25) is 5.91 Å². The molecule has 0 aliphatic carbocycles. The van der Waals surface area contributed by atoms with E-state index >= 15 is 0 Å². The van der Waals surface area contributed by atoms with Crippen LogP contribution >= 0.6 is 0 Å². The second kappa shape index (κ2) is 19.2. The normalized spacial score (nSPS) is 16.4. The van der Waals surface area contributed by atoms with Gasteiger partial charge in [0.05, 0.1) is 26.4 Å². The van der Waals surface area contributed by atoms with Crippen molar-refractivity contribution in [3.05, 3.63) is 59.7 Å². The Kier molecular flexibility index (Phi) is 15.4. The van der Waals surface area contributed by atoms with Gasteiger partial charge >= 0.3 is 12.1 Å². The van der Waals surface area contributed by atoms with Crippen LogP contribution in [0.2, 0.25) is 0 Å². The van der Waals surface area contributed by atoms with E-state index in [4.69, 9.17) is 23.7 Å². The molecule has 0 N–H and O–H groups in total. The Balaban J connectivity index is 1.80. The van der Waals surface area contributed by atoms with Gasteiger partial charge in [-0.05, 0) is 67.2 Å². The number of carbonyl (C=O) groups is 4. The van der Waals surface area contributed by atoms with E-state index in [1.165, 1.54) is 4.90 Å². The third-order valence-electron chi connectivity index (χ3n) is 8.97. The maximum absolute atomic E-state index is 14.0. The molecule has 10 heteroatoms. The number of hydrogen-bond acceptors (Lipinski definition) is 9. The summed E-state index contributed by atoms with van der Waals surface area (Å²) in [5.41, 5.74) is 1.96. The van der Waals surface area contributed by atoms with Gasteiger partial charge in [0.15, 0.2) is 11.5 Å². The molecular weight excluding hydrogens is 614 g/mol. The third kappa shape index (κ3) is 10.8. The first kappa shape index (κ1) is 38.5. The summed E-state index contributed by atoms with van der Waals surface area (Å²) >= 11 is 0. The zero-order chi connectivity index (χ0) is 35.2. The van der Waals surface area contributed by atoms with Crippen molar-refractivity contribution in [2.24, 2.45) is 29.6 Å². The van der Waals surface area contributed by atoms with Gasteiger partial charge in [-0.15, -0.1) is 0 Å². The van der Waals surface area contributed by atoms with E-state index in [2.05, 4.69) is 13.8 Å². The molecule has 1 heterocycles. The van der Waals surface area contributed by atoms with Crippen molar-refractivity contribution in [1.82, 2.24) is 4.90 Å². The highest BCUT2D eigenvalue weighted by molar-refractivity contribution is 6.02. The van der Waals surface area contributed by atoms with Gasteiger partial charge in [-0.1, -0.05) is 64.1 Å². The van der Waals surface area contributed by atoms with Gasteiger partial charge in [-0.25, -0.2) is 9.69 Å². The predicted octanol–water partition coefficient (Wildman–Crippen LogP) is 6.32. The van der Waals surface area contributed by atoms with Crippen LogP contribution in [0.4, 0.5) is 4.79 Å². The monoisotopic (exact) mass is 667 g/mol. The van der Waals surface area contributed by atoms with Crippen molar-refractivity contribution in [1.29, 1.82) is 0 Å². The lowest BCUT2D eigenvalue weighted by Crippen LogP contribution is -2.46. The minimum Gasteiger partial charge on any atom is -0.493 e. The molecule has 264 valence electrons. The molecular formula is C38H53NO9. The number of benzene rings is 2. The number of nitrogens with zero attached hydrogens (tertiary/aromatic N) is 1. The van der Waals surface area contributed by atoms with E-state index in [9.17, 15) is 19.2 Å². The number of imide groups is 1. The molecule has 1 saturated heterocycles. The summed E-state index contributed by atoms with van der Waals surface area (Å²) in [6.07, 6.45) is 1.13. The van der Waals surface area contributed by atoms with Crippen molar-refractivity contribution in [3.63, 3.8) is 0 Å². The first-order valence-electron chi connectivity index (χ1n) is 17.0. The Morgan fingerprint density at radius 2 is 1.67 bits per heavy atom. The Morgan fingerprint density at radius 1 is 0.938 bits per heavy atom. The number of ketones is 1. The minimum atomic E-state index is -1.06. The Bertz CT molecular complexity index is 1340. The number of cyclic esters (lactones) is 1. The molecule has 0 radical (unpaired) electrons. The maximum Gasteiger partial charge on any atom is 0.416 e. The number of amides is 2. The summed E-state index contributed by atoms with van der Waals surface area (Å²) in [4.78, 5) is 55.3. The van der Waals surface area contributed by atoms with Gasteiger partial charge in [0, 0.05) is 32.5 Å². The predicted molar refractivity (Wildman–Crippen MR) is 182 cm³/mol. The van der Waals surface area contributed by atoms with E-state index in [-0.39, 0.29) is 49.6 Å². The molecule has 48 heavy (non-hydrogen) atoms. The van der Waals surface area contributed by atoms with E-state index in [0.29, 0.717) is 37.6 Å². The van der Waals surface area contributed by atoms with Crippen LogP contribution < -0.4 is 9.47 Å². The summed E-state index contributed by atoms with van der Waals surface area (Å²) in [6.45, 7) is 10.8. The average molecular weight is 668 g/mol. The van der Waals surface area contributed by atoms with Gasteiger partial charge in [0.25, 0.3) is 0 Å². The lowest BCUT2D eigenvalue weighted by atomic mass is 9.78. The number of carbonyl (C=O) groups excluding carboxylic acids is 4. The van der Waals surface area contributed by atoms with E-state index in [1.807, 2.05) is 62.4 Å². The van der Waals surface area contributed by atoms with Crippen molar-refractivity contribution in [2.75, 3.05) is 40.6 Å². The highest BCUT2D eigenvalue weighted by Crippen LogP contribution is 2.33. The van der Waals surface area contributed by atoms with Crippen LogP contribution in [0, 0.1) is 29.6 Å². The molecule has 0 aromatic heterocycles. The first-order chi connectivity index (χ1) is 23.0. The van der Waals surface area contributed by atoms with Crippen LogP contribution in [0.15, 0.2) is 48.5 Å². The fraction of sp³-hybridized carbons (Fsp3) is 0.579. The zero-order valence-electron chi connectivity index (χ0n) is 29.6. The van der Waals surface area contributed by atoms with E-state index in [0.717, 1.165) is 17.5 Å². The standard InChI is InChI=1S/C38H53NO9/c1-8-46-37(42)32(22-29(25(2)3)19-28-15-16-34(45-7)35(21-28)47-18-12-17-44-6)33(40)23-31(26(4)5)36(41)39-30(24-48-38(39)43)20-27-13-10-9-11-14-27/h9-11,13-16,21,25-26,29-32H,8,12,17-20,22-24H2,1-7H3/t29?,30-,31?,32?/m0/s1. The Labute approximate surface area is 285 Å². The molecule has 0 bridgehead atoms. The van der Waals surface area contributed by atoms with Gasteiger partial charge in [-0.3, -0.25) is 14.4 Å². The topological polar surface area (TPSA) is 118 Å². The zero-order valence-corrected chi connectivity index (χ0v) is 29.6. The van der Waals surface area contributed by atoms with Gasteiger partial charge in [-0.2, -0.15) is 0 Å². The van der Waals surface area contributed by atoms with Crippen LogP contribution in [-0.4, -0.2) is 75.3 Å². The van der Waals surface area contributed by atoms with Gasteiger partial charge in [0.1, 0.15) is 18.3 Å². The summed E-state index contributed by atoms with van der Waals surface area (Å²) in [5.74, 6) is -2.24. The molecule has 10 nitrogen and oxygen atoms in total. The van der Waals surface area contributed by atoms with Crippen molar-refractivity contribution in [3.8, 4) is 11.5 Å². The molecule has 2 aromatic carbocycles. The molecule has 0 spiro atoms. The molecule has 1 aliphatic rings. The summed E-state index contributed by atoms with van der Waals surface area (Å²) in [7, 11) is 3.24. The largest absolute Gasteiger partial charge is 0.493 e. The smallest absolute Gasteiger partial charge is 0.416 e. The number of hydrogen-bond donors (Lipinski definition) is 0. The van der Waals surface area contributed by atoms with Crippen LogP contribution in [-0.2, 0) is 41.4 Å².